The average molecular weight is 297 g/mol. The zero-order valence-electron chi connectivity index (χ0n) is 14.5. The van der Waals surface area contributed by atoms with Crippen LogP contribution >= 0.6 is 0 Å². The van der Waals surface area contributed by atoms with Crippen molar-refractivity contribution < 1.29 is 4.79 Å². The van der Waals surface area contributed by atoms with Crippen LogP contribution in [0.25, 0.3) is 0 Å². The van der Waals surface area contributed by atoms with Crippen LogP contribution in [0.1, 0.15) is 66.2 Å². The summed E-state index contributed by atoms with van der Waals surface area (Å²) < 4.78 is 0. The van der Waals surface area contributed by atoms with Crippen molar-refractivity contribution in [3.05, 3.63) is 0 Å². The summed E-state index contributed by atoms with van der Waals surface area (Å²) in [5.74, 6) is 0.675. The van der Waals surface area contributed by atoms with Crippen LogP contribution in [0.5, 0.6) is 0 Å². The molecule has 2 atom stereocenters. The van der Waals surface area contributed by atoms with Crippen molar-refractivity contribution in [2.75, 3.05) is 19.6 Å². The summed E-state index contributed by atoms with van der Waals surface area (Å²) in [5.41, 5.74) is 5.00. The van der Waals surface area contributed by atoms with Crippen LogP contribution in [0.4, 0.5) is 0 Å². The predicted octanol–water partition coefficient (Wildman–Crippen LogP) is 2.52. The number of hydrogen-bond donors (Lipinski definition) is 2. The highest BCUT2D eigenvalue weighted by Gasteiger charge is 2.30. The van der Waals surface area contributed by atoms with Crippen molar-refractivity contribution in [1.82, 2.24) is 10.2 Å². The number of amides is 1. The zero-order chi connectivity index (χ0) is 15.9. The van der Waals surface area contributed by atoms with Gasteiger partial charge in [0.1, 0.15) is 0 Å². The van der Waals surface area contributed by atoms with E-state index < -0.39 is 5.54 Å². The molecule has 1 amide bonds. The van der Waals surface area contributed by atoms with E-state index in [9.17, 15) is 4.79 Å². The second-order valence-electron chi connectivity index (χ2n) is 7.20. The van der Waals surface area contributed by atoms with E-state index in [0.29, 0.717) is 0 Å². The minimum Gasteiger partial charge on any atom is -0.368 e. The van der Waals surface area contributed by atoms with Gasteiger partial charge >= 0.3 is 0 Å². The molecule has 0 aromatic heterocycles. The highest BCUT2D eigenvalue weighted by Crippen LogP contribution is 2.22. The Bertz CT molecular complexity index is 319. The van der Waals surface area contributed by atoms with E-state index in [1.165, 1.54) is 32.4 Å². The summed E-state index contributed by atoms with van der Waals surface area (Å²) in [6.45, 7) is 12.0. The van der Waals surface area contributed by atoms with Gasteiger partial charge in [-0.3, -0.25) is 4.79 Å². The van der Waals surface area contributed by atoms with E-state index in [4.69, 9.17) is 5.73 Å². The summed E-state index contributed by atoms with van der Waals surface area (Å²) in [4.78, 5) is 14.3. The highest BCUT2D eigenvalue weighted by atomic mass is 16.1. The molecule has 21 heavy (non-hydrogen) atoms. The van der Waals surface area contributed by atoms with Crippen molar-refractivity contribution in [3.63, 3.8) is 0 Å². The fourth-order valence-electron chi connectivity index (χ4n) is 3.48. The maximum atomic E-state index is 11.7. The van der Waals surface area contributed by atoms with Crippen LogP contribution in [-0.2, 0) is 4.79 Å². The molecule has 1 aliphatic rings. The Hall–Kier alpha value is -0.610. The van der Waals surface area contributed by atoms with Gasteiger partial charge in [-0.15, -0.1) is 0 Å². The van der Waals surface area contributed by atoms with E-state index in [0.717, 1.165) is 31.7 Å². The molecule has 0 saturated carbocycles. The van der Waals surface area contributed by atoms with Crippen LogP contribution in [0.3, 0.4) is 0 Å². The van der Waals surface area contributed by atoms with Crippen LogP contribution < -0.4 is 11.1 Å². The highest BCUT2D eigenvalue weighted by molar-refractivity contribution is 5.84. The van der Waals surface area contributed by atoms with Crippen LogP contribution in [0.15, 0.2) is 0 Å². The average Bonchev–Trinajstić information content (AvgIpc) is 2.82. The largest absolute Gasteiger partial charge is 0.368 e. The minimum atomic E-state index is -0.566. The van der Waals surface area contributed by atoms with Crippen molar-refractivity contribution in [3.8, 4) is 0 Å². The van der Waals surface area contributed by atoms with Gasteiger partial charge in [-0.05, 0) is 71.9 Å². The molecule has 3 N–H and O–H groups in total. The Morgan fingerprint density at radius 1 is 1.43 bits per heavy atom. The molecule has 1 fully saturated rings. The Balaban J connectivity index is 2.24. The number of nitrogens with one attached hydrogen (secondary N) is 1. The summed E-state index contributed by atoms with van der Waals surface area (Å²) in [5, 5.41) is 3.32. The number of unbranched alkanes of at least 4 members (excludes halogenated alkanes) is 1. The Morgan fingerprint density at radius 3 is 2.71 bits per heavy atom. The van der Waals surface area contributed by atoms with E-state index in [1.807, 2.05) is 6.92 Å². The van der Waals surface area contributed by atoms with Gasteiger partial charge in [0.05, 0.1) is 5.54 Å². The molecule has 0 aromatic rings. The SMILES string of the molecule is CCCC1CCN(CCCCC(C)(NC(C)C)C(N)=O)C1. The van der Waals surface area contributed by atoms with E-state index in [-0.39, 0.29) is 11.9 Å². The number of likely N-dealkylation sites (tertiary alicyclic amines) is 1. The first-order chi connectivity index (χ1) is 9.87. The van der Waals surface area contributed by atoms with Gasteiger partial charge in [0.15, 0.2) is 0 Å². The Labute approximate surface area is 130 Å². The lowest BCUT2D eigenvalue weighted by atomic mass is 9.93. The molecule has 1 rings (SSSR count). The molecule has 1 heterocycles. The number of nitrogens with two attached hydrogens (primary N) is 1. The molecular weight excluding hydrogens is 262 g/mol. The molecule has 0 aliphatic carbocycles. The number of hydrogen-bond acceptors (Lipinski definition) is 3. The van der Waals surface area contributed by atoms with Crippen molar-refractivity contribution in [2.24, 2.45) is 11.7 Å². The second-order valence-corrected chi connectivity index (χ2v) is 7.20. The number of carbonyl (C=O) groups is 1. The molecule has 1 aliphatic heterocycles. The first-order valence-corrected chi connectivity index (χ1v) is 8.67. The normalized spacial score (nSPS) is 22.6. The molecule has 124 valence electrons. The van der Waals surface area contributed by atoms with Crippen LogP contribution in [-0.4, -0.2) is 42.0 Å². The summed E-state index contributed by atoms with van der Waals surface area (Å²) in [7, 11) is 0. The summed E-state index contributed by atoms with van der Waals surface area (Å²) >= 11 is 0. The molecule has 0 radical (unpaired) electrons. The molecule has 0 spiro atoms. The second kappa shape index (κ2) is 8.74. The third-order valence-electron chi connectivity index (χ3n) is 4.62. The van der Waals surface area contributed by atoms with E-state index in [1.54, 1.807) is 0 Å². The van der Waals surface area contributed by atoms with E-state index >= 15 is 0 Å². The molecule has 0 aromatic carbocycles. The van der Waals surface area contributed by atoms with Gasteiger partial charge in [-0.25, -0.2) is 0 Å². The van der Waals surface area contributed by atoms with Crippen molar-refractivity contribution >= 4 is 5.91 Å². The predicted molar refractivity (Wildman–Crippen MR) is 89.2 cm³/mol. The smallest absolute Gasteiger partial charge is 0.237 e. The fraction of sp³-hybridized carbons (Fsp3) is 0.941. The number of rotatable bonds is 10. The lowest BCUT2D eigenvalue weighted by Gasteiger charge is -2.30. The van der Waals surface area contributed by atoms with Crippen molar-refractivity contribution in [2.45, 2.75) is 77.8 Å². The third-order valence-corrected chi connectivity index (χ3v) is 4.62. The molecule has 4 nitrogen and oxygen atoms in total. The first-order valence-electron chi connectivity index (χ1n) is 8.67. The summed E-state index contributed by atoms with van der Waals surface area (Å²) in [6.07, 6.45) is 7.06. The van der Waals surface area contributed by atoms with Gasteiger partial charge in [-0.1, -0.05) is 13.3 Å². The number of nitrogens with zero attached hydrogens (tertiary/aromatic N) is 1. The monoisotopic (exact) mass is 297 g/mol. The minimum absolute atomic E-state index is 0.236. The van der Waals surface area contributed by atoms with Gasteiger partial charge in [0.25, 0.3) is 0 Å². The van der Waals surface area contributed by atoms with Gasteiger partial charge in [-0.2, -0.15) is 0 Å². The number of primary amides is 1. The van der Waals surface area contributed by atoms with Crippen LogP contribution in [0, 0.1) is 5.92 Å². The lowest BCUT2D eigenvalue weighted by Crippen LogP contribution is -2.55. The number of carbonyl (C=O) groups excluding carboxylic acids is 1. The first kappa shape index (κ1) is 18.4. The van der Waals surface area contributed by atoms with Crippen molar-refractivity contribution in [1.29, 1.82) is 0 Å². The maximum absolute atomic E-state index is 11.7. The standard InChI is InChI=1S/C17H35N3O/c1-5-8-15-9-12-20(13-15)11-7-6-10-17(4,16(18)21)19-14(2)3/h14-15,19H,5-13H2,1-4H3,(H2,18,21). The molecule has 0 bridgehead atoms. The van der Waals surface area contributed by atoms with Gasteiger partial charge < -0.3 is 16.0 Å². The molecular formula is C17H35N3O. The van der Waals surface area contributed by atoms with Gasteiger partial charge in [0, 0.05) is 12.6 Å². The van der Waals surface area contributed by atoms with Crippen LogP contribution in [0.2, 0.25) is 0 Å². The maximum Gasteiger partial charge on any atom is 0.237 e. The Morgan fingerprint density at radius 2 is 2.14 bits per heavy atom. The fourth-order valence-corrected chi connectivity index (χ4v) is 3.48. The topological polar surface area (TPSA) is 58.4 Å². The zero-order valence-corrected chi connectivity index (χ0v) is 14.5. The third kappa shape index (κ3) is 6.35. The van der Waals surface area contributed by atoms with Gasteiger partial charge in [0.2, 0.25) is 5.91 Å². The lowest BCUT2D eigenvalue weighted by molar-refractivity contribution is -0.124. The van der Waals surface area contributed by atoms with E-state index in [2.05, 4.69) is 31.0 Å². The summed E-state index contributed by atoms with van der Waals surface area (Å²) in [6, 6.07) is 0.274. The quantitative estimate of drug-likeness (QED) is 0.609. The Kier molecular flexibility index (Phi) is 7.67. The molecule has 4 heteroatoms. The molecule has 1 saturated heterocycles. The molecule has 2 unspecified atom stereocenters.